The Balaban J connectivity index is 3.18. The summed E-state index contributed by atoms with van der Waals surface area (Å²) >= 11 is 0. The zero-order valence-electron chi connectivity index (χ0n) is 12.0. The molecule has 1 unspecified atom stereocenters. The van der Waals surface area contributed by atoms with Crippen LogP contribution in [0.2, 0.25) is 0 Å². The van der Waals surface area contributed by atoms with Crippen molar-refractivity contribution in [2.45, 2.75) is 59.3 Å². The third kappa shape index (κ3) is 3.69. The van der Waals surface area contributed by atoms with Gasteiger partial charge in [0, 0.05) is 23.9 Å². The number of aromatic nitrogens is 2. The number of hydrogen-bond acceptors (Lipinski definition) is 3. The molecule has 0 saturated heterocycles. The Labute approximate surface area is 105 Å². The van der Waals surface area contributed by atoms with Crippen molar-refractivity contribution in [2.75, 3.05) is 11.9 Å². The summed E-state index contributed by atoms with van der Waals surface area (Å²) < 4.78 is 0. The Kier molecular flexibility index (Phi) is 4.49. The van der Waals surface area contributed by atoms with Crippen LogP contribution in [-0.2, 0) is 5.41 Å². The zero-order chi connectivity index (χ0) is 13.1. The Morgan fingerprint density at radius 1 is 1.24 bits per heavy atom. The van der Waals surface area contributed by atoms with Gasteiger partial charge in [0.1, 0.15) is 11.6 Å². The van der Waals surface area contributed by atoms with E-state index in [-0.39, 0.29) is 5.41 Å². The molecule has 0 amide bonds. The predicted molar refractivity (Wildman–Crippen MR) is 73.6 cm³/mol. The van der Waals surface area contributed by atoms with Crippen LogP contribution >= 0.6 is 0 Å². The summed E-state index contributed by atoms with van der Waals surface area (Å²) in [6, 6.07) is 2.06. The largest absolute Gasteiger partial charge is 0.370 e. The molecular weight excluding hydrogens is 210 g/mol. The molecule has 1 rings (SSSR count). The summed E-state index contributed by atoms with van der Waals surface area (Å²) in [6.45, 7) is 13.9. The molecule has 0 saturated carbocycles. The van der Waals surface area contributed by atoms with Gasteiger partial charge < -0.3 is 5.32 Å². The topological polar surface area (TPSA) is 37.8 Å². The number of anilines is 1. The van der Waals surface area contributed by atoms with Crippen molar-refractivity contribution in [2.24, 2.45) is 0 Å². The van der Waals surface area contributed by atoms with Crippen LogP contribution in [0.15, 0.2) is 6.07 Å². The fourth-order valence-electron chi connectivity index (χ4n) is 1.52. The summed E-state index contributed by atoms with van der Waals surface area (Å²) in [6.07, 6.45) is 1.07. The van der Waals surface area contributed by atoms with Crippen LogP contribution in [-0.4, -0.2) is 16.5 Å². The van der Waals surface area contributed by atoms with E-state index in [9.17, 15) is 0 Å². The van der Waals surface area contributed by atoms with Crippen molar-refractivity contribution in [1.82, 2.24) is 9.97 Å². The minimum absolute atomic E-state index is 0.0648. The van der Waals surface area contributed by atoms with E-state index in [1.54, 1.807) is 0 Å². The average molecular weight is 235 g/mol. The molecule has 96 valence electrons. The number of nitrogens with zero attached hydrogens (tertiary/aromatic N) is 2. The Morgan fingerprint density at radius 3 is 2.35 bits per heavy atom. The molecule has 1 aromatic heterocycles. The highest BCUT2D eigenvalue weighted by atomic mass is 15.0. The zero-order valence-corrected chi connectivity index (χ0v) is 12.0. The van der Waals surface area contributed by atoms with Gasteiger partial charge in [0.05, 0.1) is 5.69 Å². The third-order valence-corrected chi connectivity index (χ3v) is 2.92. The Hall–Kier alpha value is -1.12. The highest BCUT2D eigenvalue weighted by Crippen LogP contribution is 2.25. The SMILES string of the molecule is CCNc1cc(C(C)(C)C)nc(C(C)CC)n1. The molecule has 1 aromatic rings. The summed E-state index contributed by atoms with van der Waals surface area (Å²) in [5.41, 5.74) is 1.17. The van der Waals surface area contributed by atoms with Gasteiger partial charge in [0.15, 0.2) is 0 Å². The van der Waals surface area contributed by atoms with Gasteiger partial charge >= 0.3 is 0 Å². The van der Waals surface area contributed by atoms with Gasteiger partial charge in [-0.1, -0.05) is 34.6 Å². The molecule has 3 nitrogen and oxygen atoms in total. The molecule has 1 atom stereocenters. The maximum Gasteiger partial charge on any atom is 0.133 e. The summed E-state index contributed by atoms with van der Waals surface area (Å²) in [5, 5.41) is 3.29. The van der Waals surface area contributed by atoms with Crippen LogP contribution < -0.4 is 5.32 Å². The number of rotatable bonds is 4. The van der Waals surface area contributed by atoms with Gasteiger partial charge in [-0.15, -0.1) is 0 Å². The summed E-state index contributed by atoms with van der Waals surface area (Å²) in [4.78, 5) is 9.29. The second kappa shape index (κ2) is 5.48. The standard InChI is InChI=1S/C14H25N3/c1-7-10(3)13-16-11(14(4,5)6)9-12(17-13)15-8-2/h9-10H,7-8H2,1-6H3,(H,15,16,17). The molecule has 0 radical (unpaired) electrons. The predicted octanol–water partition coefficient (Wildman–Crippen LogP) is 3.72. The van der Waals surface area contributed by atoms with Crippen molar-refractivity contribution in [3.63, 3.8) is 0 Å². The smallest absolute Gasteiger partial charge is 0.133 e. The highest BCUT2D eigenvalue weighted by molar-refractivity contribution is 5.38. The maximum atomic E-state index is 4.71. The van der Waals surface area contributed by atoms with Gasteiger partial charge in [-0.2, -0.15) is 0 Å². The highest BCUT2D eigenvalue weighted by Gasteiger charge is 2.19. The average Bonchev–Trinajstić information content (AvgIpc) is 2.27. The van der Waals surface area contributed by atoms with Gasteiger partial charge in [0.25, 0.3) is 0 Å². The number of nitrogens with one attached hydrogen (secondary N) is 1. The van der Waals surface area contributed by atoms with Crippen LogP contribution in [0.3, 0.4) is 0 Å². The van der Waals surface area contributed by atoms with E-state index in [0.29, 0.717) is 5.92 Å². The van der Waals surface area contributed by atoms with Crippen LogP contribution in [0.5, 0.6) is 0 Å². The van der Waals surface area contributed by atoms with E-state index in [2.05, 4.69) is 57.9 Å². The van der Waals surface area contributed by atoms with E-state index in [1.807, 2.05) is 0 Å². The normalized spacial score (nSPS) is 13.5. The monoisotopic (exact) mass is 235 g/mol. The molecule has 0 aromatic carbocycles. The molecular formula is C14H25N3. The Bertz CT molecular complexity index is 366. The van der Waals surface area contributed by atoms with Crippen molar-refractivity contribution < 1.29 is 0 Å². The van der Waals surface area contributed by atoms with Crippen LogP contribution in [0.25, 0.3) is 0 Å². The molecule has 0 aliphatic carbocycles. The first-order chi connectivity index (χ1) is 7.88. The summed E-state index contributed by atoms with van der Waals surface area (Å²) in [5.74, 6) is 2.31. The van der Waals surface area contributed by atoms with Crippen molar-refractivity contribution in [1.29, 1.82) is 0 Å². The van der Waals surface area contributed by atoms with E-state index in [4.69, 9.17) is 4.98 Å². The summed E-state index contributed by atoms with van der Waals surface area (Å²) in [7, 11) is 0. The molecule has 0 bridgehead atoms. The lowest BCUT2D eigenvalue weighted by Crippen LogP contribution is -2.17. The van der Waals surface area contributed by atoms with E-state index in [0.717, 1.165) is 30.3 Å². The minimum atomic E-state index is 0.0648. The van der Waals surface area contributed by atoms with Gasteiger partial charge in [-0.3, -0.25) is 0 Å². The molecule has 0 aliphatic rings. The first-order valence-corrected chi connectivity index (χ1v) is 6.51. The lowest BCUT2D eigenvalue weighted by atomic mass is 9.91. The van der Waals surface area contributed by atoms with E-state index in [1.165, 1.54) is 0 Å². The van der Waals surface area contributed by atoms with Gasteiger partial charge in [0.2, 0.25) is 0 Å². The van der Waals surface area contributed by atoms with Gasteiger partial charge in [-0.25, -0.2) is 9.97 Å². The first-order valence-electron chi connectivity index (χ1n) is 6.51. The second-order valence-electron chi connectivity index (χ2n) is 5.59. The molecule has 1 heterocycles. The minimum Gasteiger partial charge on any atom is -0.370 e. The molecule has 0 fully saturated rings. The Morgan fingerprint density at radius 2 is 1.88 bits per heavy atom. The molecule has 3 heteroatoms. The quantitative estimate of drug-likeness (QED) is 0.864. The molecule has 1 N–H and O–H groups in total. The van der Waals surface area contributed by atoms with E-state index >= 15 is 0 Å². The molecule has 0 aliphatic heterocycles. The van der Waals surface area contributed by atoms with Crippen LogP contribution in [0, 0.1) is 0 Å². The molecule has 0 spiro atoms. The first kappa shape index (κ1) is 13.9. The third-order valence-electron chi connectivity index (χ3n) is 2.92. The maximum absolute atomic E-state index is 4.71. The molecule has 17 heavy (non-hydrogen) atoms. The van der Waals surface area contributed by atoms with E-state index < -0.39 is 0 Å². The fraction of sp³-hybridized carbons (Fsp3) is 0.714. The number of hydrogen-bond donors (Lipinski definition) is 1. The lowest BCUT2D eigenvalue weighted by molar-refractivity contribution is 0.554. The van der Waals surface area contributed by atoms with Crippen molar-refractivity contribution in [3.8, 4) is 0 Å². The lowest BCUT2D eigenvalue weighted by Gasteiger charge is -2.21. The van der Waals surface area contributed by atoms with Crippen molar-refractivity contribution in [3.05, 3.63) is 17.6 Å². The second-order valence-corrected chi connectivity index (χ2v) is 5.59. The van der Waals surface area contributed by atoms with Crippen molar-refractivity contribution >= 4 is 5.82 Å². The van der Waals surface area contributed by atoms with Crippen LogP contribution in [0.1, 0.15) is 65.4 Å². The van der Waals surface area contributed by atoms with Crippen LogP contribution in [0.4, 0.5) is 5.82 Å². The van der Waals surface area contributed by atoms with Gasteiger partial charge in [-0.05, 0) is 13.3 Å². The fourth-order valence-corrected chi connectivity index (χ4v) is 1.52.